The second kappa shape index (κ2) is 5.87. The number of aromatic nitrogens is 2. The summed E-state index contributed by atoms with van der Waals surface area (Å²) < 4.78 is 2.01. The van der Waals surface area contributed by atoms with Crippen molar-refractivity contribution in [1.29, 1.82) is 0 Å². The summed E-state index contributed by atoms with van der Waals surface area (Å²) >= 11 is 6.09. The first-order chi connectivity index (χ1) is 8.15. The number of alkyl halides is 1. The van der Waals surface area contributed by atoms with Gasteiger partial charge in [-0.1, -0.05) is 0 Å². The smallest absolute Gasteiger partial charge is 0.0762 e. The van der Waals surface area contributed by atoms with Crippen molar-refractivity contribution in [2.45, 2.75) is 63.5 Å². The molecule has 1 heterocycles. The molecule has 96 valence electrons. The molecule has 0 aromatic carbocycles. The van der Waals surface area contributed by atoms with Crippen LogP contribution in [0.1, 0.15) is 51.3 Å². The summed E-state index contributed by atoms with van der Waals surface area (Å²) in [5.74, 6) is 0. The summed E-state index contributed by atoms with van der Waals surface area (Å²) in [7, 11) is 0. The van der Waals surface area contributed by atoms with E-state index in [4.69, 9.17) is 11.6 Å². The second-order valence-corrected chi connectivity index (χ2v) is 5.83. The van der Waals surface area contributed by atoms with E-state index in [9.17, 15) is 0 Å². The number of nitrogens with zero attached hydrogens (tertiary/aromatic N) is 2. The average molecular weight is 256 g/mol. The van der Waals surface area contributed by atoms with E-state index < -0.39 is 0 Å². The van der Waals surface area contributed by atoms with Crippen LogP contribution < -0.4 is 5.32 Å². The molecule has 0 saturated heterocycles. The van der Waals surface area contributed by atoms with Gasteiger partial charge in [0.25, 0.3) is 0 Å². The van der Waals surface area contributed by atoms with Gasteiger partial charge in [0.1, 0.15) is 0 Å². The van der Waals surface area contributed by atoms with Crippen LogP contribution in [0.4, 0.5) is 0 Å². The largest absolute Gasteiger partial charge is 0.308 e. The molecule has 0 atom stereocenters. The van der Waals surface area contributed by atoms with Gasteiger partial charge in [0.05, 0.1) is 5.69 Å². The standard InChI is InChI=1S/C13H22ClN3/c1-10(2)17-8-7-13(16-17)9-15-12-5-3-11(14)4-6-12/h7-8,10-12,15H,3-6,9H2,1-2H3. The molecule has 2 rings (SSSR count). The molecule has 0 spiro atoms. The first-order valence-electron chi connectivity index (χ1n) is 6.56. The van der Waals surface area contributed by atoms with Crippen molar-refractivity contribution in [3.63, 3.8) is 0 Å². The van der Waals surface area contributed by atoms with E-state index in [2.05, 4.69) is 36.5 Å². The molecule has 4 heteroatoms. The monoisotopic (exact) mass is 255 g/mol. The Labute approximate surface area is 109 Å². The highest BCUT2D eigenvalue weighted by atomic mass is 35.5. The summed E-state index contributed by atoms with van der Waals surface area (Å²) in [4.78, 5) is 0. The minimum absolute atomic E-state index is 0.396. The SMILES string of the molecule is CC(C)n1ccc(CNC2CCC(Cl)CC2)n1. The molecular formula is C13H22ClN3. The van der Waals surface area contributed by atoms with Gasteiger partial charge in [0.15, 0.2) is 0 Å². The highest BCUT2D eigenvalue weighted by Gasteiger charge is 2.18. The zero-order chi connectivity index (χ0) is 12.3. The Hall–Kier alpha value is -0.540. The fourth-order valence-corrected chi connectivity index (χ4v) is 2.52. The Morgan fingerprint density at radius 1 is 1.41 bits per heavy atom. The zero-order valence-corrected chi connectivity index (χ0v) is 11.5. The number of nitrogens with one attached hydrogen (secondary N) is 1. The minimum Gasteiger partial charge on any atom is -0.308 e. The van der Waals surface area contributed by atoms with Crippen molar-refractivity contribution < 1.29 is 0 Å². The van der Waals surface area contributed by atoms with Crippen molar-refractivity contribution in [2.75, 3.05) is 0 Å². The molecule has 0 unspecified atom stereocenters. The van der Waals surface area contributed by atoms with Crippen molar-refractivity contribution in [3.05, 3.63) is 18.0 Å². The maximum Gasteiger partial charge on any atom is 0.0762 e. The van der Waals surface area contributed by atoms with E-state index in [1.54, 1.807) is 0 Å². The lowest BCUT2D eigenvalue weighted by atomic mass is 9.95. The molecular weight excluding hydrogens is 234 g/mol. The van der Waals surface area contributed by atoms with Crippen LogP contribution in [0.3, 0.4) is 0 Å². The Morgan fingerprint density at radius 2 is 2.12 bits per heavy atom. The predicted molar refractivity (Wildman–Crippen MR) is 71.3 cm³/mol. The van der Waals surface area contributed by atoms with Crippen molar-refractivity contribution >= 4 is 11.6 Å². The van der Waals surface area contributed by atoms with E-state index in [0.29, 0.717) is 17.5 Å². The van der Waals surface area contributed by atoms with Crippen molar-refractivity contribution in [3.8, 4) is 0 Å². The third kappa shape index (κ3) is 3.71. The third-order valence-corrected chi connectivity index (χ3v) is 3.86. The quantitative estimate of drug-likeness (QED) is 0.838. The topological polar surface area (TPSA) is 29.9 Å². The Kier molecular flexibility index (Phi) is 4.46. The van der Waals surface area contributed by atoms with Gasteiger partial charge in [-0.15, -0.1) is 11.6 Å². The Balaban J connectivity index is 1.77. The molecule has 0 amide bonds. The molecule has 0 aliphatic heterocycles. The lowest BCUT2D eigenvalue weighted by Gasteiger charge is -2.25. The maximum atomic E-state index is 6.09. The van der Waals surface area contributed by atoms with E-state index in [-0.39, 0.29) is 0 Å². The fraction of sp³-hybridized carbons (Fsp3) is 0.769. The summed E-state index contributed by atoms with van der Waals surface area (Å²) in [6, 6.07) is 3.16. The van der Waals surface area contributed by atoms with Gasteiger partial charge < -0.3 is 5.32 Å². The van der Waals surface area contributed by atoms with Gasteiger partial charge in [-0.2, -0.15) is 5.10 Å². The summed E-state index contributed by atoms with van der Waals surface area (Å²) in [6.07, 6.45) is 6.72. The first kappa shape index (κ1) is 12.9. The van der Waals surface area contributed by atoms with Gasteiger partial charge in [-0.25, -0.2) is 0 Å². The third-order valence-electron chi connectivity index (χ3n) is 3.42. The van der Waals surface area contributed by atoms with Gasteiger partial charge >= 0.3 is 0 Å². The summed E-state index contributed by atoms with van der Waals surface area (Å²) in [6.45, 7) is 5.16. The van der Waals surface area contributed by atoms with Crippen molar-refractivity contribution in [2.24, 2.45) is 0 Å². The molecule has 1 aromatic rings. The molecule has 1 aromatic heterocycles. The van der Waals surface area contributed by atoms with Crippen LogP contribution in [0.15, 0.2) is 12.3 Å². The molecule has 1 saturated carbocycles. The summed E-state index contributed by atoms with van der Waals surface area (Å²) in [5, 5.41) is 8.51. The van der Waals surface area contributed by atoms with Gasteiger partial charge in [0.2, 0.25) is 0 Å². The van der Waals surface area contributed by atoms with Gasteiger partial charge in [-0.3, -0.25) is 4.68 Å². The molecule has 17 heavy (non-hydrogen) atoms. The Bertz CT molecular complexity index is 340. The van der Waals surface area contributed by atoms with Gasteiger partial charge in [-0.05, 0) is 45.6 Å². The fourth-order valence-electron chi connectivity index (χ4n) is 2.27. The number of hydrogen-bond donors (Lipinski definition) is 1. The summed E-state index contributed by atoms with van der Waals surface area (Å²) in [5.41, 5.74) is 1.13. The van der Waals surface area contributed by atoms with Crippen LogP contribution >= 0.6 is 11.6 Å². The molecule has 0 radical (unpaired) electrons. The van der Waals surface area contributed by atoms with E-state index in [1.165, 1.54) is 12.8 Å². The second-order valence-electron chi connectivity index (χ2n) is 5.21. The number of halogens is 1. The molecule has 0 bridgehead atoms. The zero-order valence-electron chi connectivity index (χ0n) is 10.7. The van der Waals surface area contributed by atoms with Crippen LogP contribution in [0, 0.1) is 0 Å². The molecule has 1 N–H and O–H groups in total. The lowest BCUT2D eigenvalue weighted by Crippen LogP contribution is -2.33. The molecule has 1 aliphatic rings. The average Bonchev–Trinajstić information content (AvgIpc) is 2.77. The van der Waals surface area contributed by atoms with Crippen LogP contribution in [-0.2, 0) is 6.54 Å². The molecule has 3 nitrogen and oxygen atoms in total. The molecule has 1 fully saturated rings. The van der Waals surface area contributed by atoms with E-state index in [1.807, 2.05) is 4.68 Å². The maximum absolute atomic E-state index is 6.09. The van der Waals surface area contributed by atoms with Crippen LogP contribution in [0.5, 0.6) is 0 Å². The van der Waals surface area contributed by atoms with Crippen LogP contribution in [-0.4, -0.2) is 21.2 Å². The number of rotatable bonds is 4. The minimum atomic E-state index is 0.396. The normalized spacial score (nSPS) is 25.4. The van der Waals surface area contributed by atoms with E-state index >= 15 is 0 Å². The lowest BCUT2D eigenvalue weighted by molar-refractivity contribution is 0.373. The Morgan fingerprint density at radius 3 is 2.71 bits per heavy atom. The predicted octanol–water partition coefficient (Wildman–Crippen LogP) is 3.10. The van der Waals surface area contributed by atoms with E-state index in [0.717, 1.165) is 25.1 Å². The first-order valence-corrected chi connectivity index (χ1v) is 7.00. The number of hydrogen-bond acceptors (Lipinski definition) is 2. The van der Waals surface area contributed by atoms with Crippen LogP contribution in [0.25, 0.3) is 0 Å². The van der Waals surface area contributed by atoms with Gasteiger partial charge in [0, 0.05) is 30.2 Å². The highest BCUT2D eigenvalue weighted by molar-refractivity contribution is 6.20. The highest BCUT2D eigenvalue weighted by Crippen LogP contribution is 2.22. The molecule has 1 aliphatic carbocycles. The van der Waals surface area contributed by atoms with Crippen molar-refractivity contribution in [1.82, 2.24) is 15.1 Å². The van der Waals surface area contributed by atoms with Crippen LogP contribution in [0.2, 0.25) is 0 Å².